The summed E-state index contributed by atoms with van der Waals surface area (Å²) in [5, 5.41) is 6.13. The summed E-state index contributed by atoms with van der Waals surface area (Å²) in [6, 6.07) is 15.0. The van der Waals surface area contributed by atoms with E-state index in [9.17, 15) is 9.59 Å². The van der Waals surface area contributed by atoms with E-state index in [-0.39, 0.29) is 5.41 Å². The summed E-state index contributed by atoms with van der Waals surface area (Å²) in [5.41, 5.74) is 2.44. The summed E-state index contributed by atoms with van der Waals surface area (Å²) >= 11 is 6.07. The number of carbonyl (C=O) groups is 2. The van der Waals surface area contributed by atoms with Gasteiger partial charge in [0.15, 0.2) is 0 Å². The lowest BCUT2D eigenvalue weighted by Crippen LogP contribution is -2.39. The molecule has 0 unspecified atom stereocenters. The SMILES string of the molecule is CN(C)c1ccccc1NC(=O)C(=O)NCC1(c2cccc(Cl)c2)CC1. The number of rotatable bonds is 5. The van der Waals surface area contributed by atoms with Crippen LogP contribution < -0.4 is 15.5 Å². The Labute approximate surface area is 158 Å². The molecule has 6 heteroatoms. The second-order valence-electron chi connectivity index (χ2n) is 6.84. The molecule has 5 nitrogen and oxygen atoms in total. The Hall–Kier alpha value is -2.53. The Bertz CT molecular complexity index is 831. The van der Waals surface area contributed by atoms with E-state index in [4.69, 9.17) is 11.6 Å². The van der Waals surface area contributed by atoms with Gasteiger partial charge in [0.25, 0.3) is 0 Å². The van der Waals surface area contributed by atoms with Gasteiger partial charge in [0.1, 0.15) is 0 Å². The van der Waals surface area contributed by atoms with E-state index >= 15 is 0 Å². The van der Waals surface area contributed by atoms with E-state index < -0.39 is 11.8 Å². The number of anilines is 2. The van der Waals surface area contributed by atoms with Gasteiger partial charge in [-0.3, -0.25) is 9.59 Å². The van der Waals surface area contributed by atoms with Crippen molar-refractivity contribution >= 4 is 34.8 Å². The number of amides is 2. The second kappa shape index (κ2) is 7.38. The van der Waals surface area contributed by atoms with E-state index in [0.717, 1.165) is 24.1 Å². The molecule has 2 N–H and O–H groups in total. The molecule has 2 aromatic carbocycles. The van der Waals surface area contributed by atoms with Crippen molar-refractivity contribution < 1.29 is 9.59 Å². The van der Waals surface area contributed by atoms with Crippen LogP contribution in [-0.4, -0.2) is 32.5 Å². The van der Waals surface area contributed by atoms with Crippen LogP contribution in [0.5, 0.6) is 0 Å². The van der Waals surface area contributed by atoms with Crippen molar-refractivity contribution in [2.45, 2.75) is 18.3 Å². The van der Waals surface area contributed by atoms with Crippen LogP contribution in [0.3, 0.4) is 0 Å². The summed E-state index contributed by atoms with van der Waals surface area (Å²) in [7, 11) is 3.76. The van der Waals surface area contributed by atoms with Crippen molar-refractivity contribution in [1.82, 2.24) is 5.32 Å². The molecule has 3 rings (SSSR count). The molecule has 0 atom stereocenters. The number of hydrogen-bond acceptors (Lipinski definition) is 3. The van der Waals surface area contributed by atoms with Gasteiger partial charge in [0, 0.05) is 31.1 Å². The molecule has 2 aromatic rings. The minimum Gasteiger partial charge on any atom is -0.376 e. The Morgan fingerprint density at radius 2 is 1.81 bits per heavy atom. The molecule has 0 spiro atoms. The van der Waals surface area contributed by atoms with Gasteiger partial charge in [-0.25, -0.2) is 0 Å². The third-order valence-corrected chi connectivity index (χ3v) is 4.95. The van der Waals surface area contributed by atoms with E-state index in [0.29, 0.717) is 17.3 Å². The number of nitrogens with zero attached hydrogens (tertiary/aromatic N) is 1. The highest BCUT2D eigenvalue weighted by Crippen LogP contribution is 2.48. The quantitative estimate of drug-likeness (QED) is 0.793. The lowest BCUT2D eigenvalue weighted by molar-refractivity contribution is -0.136. The Balaban J connectivity index is 1.61. The molecule has 0 aliphatic heterocycles. The number of para-hydroxylation sites is 2. The zero-order valence-corrected chi connectivity index (χ0v) is 15.6. The number of carbonyl (C=O) groups excluding carboxylic acids is 2. The van der Waals surface area contributed by atoms with Crippen LogP contribution in [-0.2, 0) is 15.0 Å². The average molecular weight is 372 g/mol. The lowest BCUT2D eigenvalue weighted by Gasteiger charge is -2.19. The van der Waals surface area contributed by atoms with E-state index in [1.807, 2.05) is 61.5 Å². The monoisotopic (exact) mass is 371 g/mol. The summed E-state index contributed by atoms with van der Waals surface area (Å²) in [6.07, 6.45) is 1.94. The smallest absolute Gasteiger partial charge is 0.313 e. The van der Waals surface area contributed by atoms with Gasteiger partial charge in [-0.2, -0.15) is 0 Å². The van der Waals surface area contributed by atoms with Gasteiger partial charge < -0.3 is 15.5 Å². The topological polar surface area (TPSA) is 61.4 Å². The summed E-state index contributed by atoms with van der Waals surface area (Å²) in [4.78, 5) is 26.4. The predicted octanol–water partition coefficient (Wildman–Crippen LogP) is 3.19. The molecule has 1 fully saturated rings. The van der Waals surface area contributed by atoms with Crippen LogP contribution in [0.1, 0.15) is 18.4 Å². The molecule has 0 heterocycles. The molecule has 136 valence electrons. The first kappa shape index (κ1) is 18.3. The molecule has 0 aromatic heterocycles. The molecule has 0 radical (unpaired) electrons. The maximum atomic E-state index is 12.3. The molecule has 26 heavy (non-hydrogen) atoms. The van der Waals surface area contributed by atoms with Crippen LogP contribution in [0, 0.1) is 0 Å². The maximum Gasteiger partial charge on any atom is 0.313 e. The van der Waals surface area contributed by atoms with E-state index in [1.54, 1.807) is 6.07 Å². The summed E-state index contributed by atoms with van der Waals surface area (Å²) < 4.78 is 0. The molecule has 0 saturated heterocycles. The maximum absolute atomic E-state index is 12.3. The van der Waals surface area contributed by atoms with E-state index in [2.05, 4.69) is 10.6 Å². The van der Waals surface area contributed by atoms with Crippen molar-refractivity contribution in [2.24, 2.45) is 0 Å². The van der Waals surface area contributed by atoms with Gasteiger partial charge in [-0.05, 0) is 42.7 Å². The predicted molar refractivity (Wildman–Crippen MR) is 105 cm³/mol. The normalized spacial score (nSPS) is 14.4. The van der Waals surface area contributed by atoms with Crippen LogP contribution in [0.2, 0.25) is 5.02 Å². The standard InChI is InChI=1S/C20H22ClN3O2/c1-24(2)17-9-4-3-8-16(17)23-19(26)18(25)22-13-20(10-11-20)14-6-5-7-15(21)12-14/h3-9,12H,10-11,13H2,1-2H3,(H,22,25)(H,23,26). The minimum atomic E-state index is -0.666. The fraction of sp³-hybridized carbons (Fsp3) is 0.300. The highest BCUT2D eigenvalue weighted by Gasteiger charge is 2.44. The van der Waals surface area contributed by atoms with Gasteiger partial charge in [0.05, 0.1) is 11.4 Å². The molecule has 1 saturated carbocycles. The van der Waals surface area contributed by atoms with Crippen LogP contribution in [0.25, 0.3) is 0 Å². The largest absolute Gasteiger partial charge is 0.376 e. The number of halogens is 1. The van der Waals surface area contributed by atoms with Gasteiger partial charge in [-0.1, -0.05) is 35.9 Å². The van der Waals surface area contributed by atoms with Gasteiger partial charge in [0.2, 0.25) is 0 Å². The Morgan fingerprint density at radius 3 is 2.46 bits per heavy atom. The third-order valence-electron chi connectivity index (χ3n) is 4.72. The molecular weight excluding hydrogens is 350 g/mol. The Morgan fingerprint density at radius 1 is 1.08 bits per heavy atom. The van der Waals surface area contributed by atoms with Crippen molar-refractivity contribution in [3.05, 3.63) is 59.1 Å². The first-order valence-electron chi connectivity index (χ1n) is 8.53. The third kappa shape index (κ3) is 3.99. The number of hydrogen-bond donors (Lipinski definition) is 2. The summed E-state index contributed by atoms with van der Waals surface area (Å²) in [6.45, 7) is 0.426. The van der Waals surface area contributed by atoms with Gasteiger partial charge in [-0.15, -0.1) is 0 Å². The molecule has 1 aliphatic carbocycles. The number of nitrogens with one attached hydrogen (secondary N) is 2. The highest BCUT2D eigenvalue weighted by atomic mass is 35.5. The van der Waals surface area contributed by atoms with Crippen molar-refractivity contribution in [3.63, 3.8) is 0 Å². The molecular formula is C20H22ClN3O2. The molecule has 1 aliphatic rings. The summed E-state index contributed by atoms with van der Waals surface area (Å²) in [5.74, 6) is -1.30. The van der Waals surface area contributed by atoms with Crippen molar-refractivity contribution in [1.29, 1.82) is 0 Å². The van der Waals surface area contributed by atoms with Crippen molar-refractivity contribution in [3.8, 4) is 0 Å². The zero-order chi connectivity index (χ0) is 18.7. The first-order valence-corrected chi connectivity index (χ1v) is 8.91. The zero-order valence-electron chi connectivity index (χ0n) is 14.9. The fourth-order valence-corrected chi connectivity index (χ4v) is 3.21. The molecule has 0 bridgehead atoms. The van der Waals surface area contributed by atoms with Crippen LogP contribution in [0.15, 0.2) is 48.5 Å². The second-order valence-corrected chi connectivity index (χ2v) is 7.28. The minimum absolute atomic E-state index is 0.109. The van der Waals surface area contributed by atoms with Crippen molar-refractivity contribution in [2.75, 3.05) is 30.9 Å². The first-order chi connectivity index (χ1) is 12.4. The van der Waals surface area contributed by atoms with E-state index in [1.165, 1.54) is 0 Å². The number of benzene rings is 2. The van der Waals surface area contributed by atoms with Crippen LogP contribution >= 0.6 is 11.6 Å². The Kier molecular flexibility index (Phi) is 5.18. The molecule has 2 amide bonds. The average Bonchev–Trinajstić information content (AvgIpc) is 3.41. The highest BCUT2D eigenvalue weighted by molar-refractivity contribution is 6.40. The van der Waals surface area contributed by atoms with Crippen LogP contribution in [0.4, 0.5) is 11.4 Å². The lowest BCUT2D eigenvalue weighted by atomic mass is 9.96. The van der Waals surface area contributed by atoms with Gasteiger partial charge >= 0.3 is 11.8 Å². The fourth-order valence-electron chi connectivity index (χ4n) is 3.01.